The molecule has 1 aliphatic heterocycles. The molecule has 1 aromatic heterocycles. The predicted octanol–water partition coefficient (Wildman–Crippen LogP) is 3.11. The first kappa shape index (κ1) is 17.5. The number of nitrogen functional groups attached to an aromatic ring is 1. The fourth-order valence-electron chi connectivity index (χ4n) is 3.11. The minimum Gasteiger partial charge on any atom is -0.370 e. The van der Waals surface area contributed by atoms with E-state index in [1.807, 2.05) is 0 Å². The number of anilines is 2. The SMILES string of the molecule is CCCCNc1nc(N)nc2c1CN(Cc1cc(F)cc(F)c1)CC2. The molecule has 0 saturated heterocycles. The van der Waals surface area contributed by atoms with Crippen molar-refractivity contribution in [3.8, 4) is 0 Å². The van der Waals surface area contributed by atoms with Crippen LogP contribution in [0.3, 0.4) is 0 Å². The van der Waals surface area contributed by atoms with E-state index in [0.717, 1.165) is 55.5 Å². The van der Waals surface area contributed by atoms with Gasteiger partial charge in [-0.1, -0.05) is 13.3 Å². The van der Waals surface area contributed by atoms with Crippen LogP contribution in [0.15, 0.2) is 18.2 Å². The van der Waals surface area contributed by atoms with Gasteiger partial charge in [-0.15, -0.1) is 0 Å². The Morgan fingerprint density at radius 2 is 1.96 bits per heavy atom. The quantitative estimate of drug-likeness (QED) is 0.786. The molecular weight excluding hydrogens is 324 g/mol. The molecule has 7 heteroatoms. The van der Waals surface area contributed by atoms with Crippen LogP contribution in [-0.4, -0.2) is 28.0 Å². The van der Waals surface area contributed by atoms with Gasteiger partial charge in [-0.25, -0.2) is 13.8 Å². The lowest BCUT2D eigenvalue weighted by Crippen LogP contribution is -2.32. The summed E-state index contributed by atoms with van der Waals surface area (Å²) in [5.41, 5.74) is 8.42. The van der Waals surface area contributed by atoms with Crippen LogP contribution < -0.4 is 11.1 Å². The van der Waals surface area contributed by atoms with Crippen molar-refractivity contribution in [2.75, 3.05) is 24.1 Å². The van der Waals surface area contributed by atoms with E-state index in [9.17, 15) is 8.78 Å². The van der Waals surface area contributed by atoms with Gasteiger partial charge in [0.2, 0.25) is 5.95 Å². The highest BCUT2D eigenvalue weighted by molar-refractivity contribution is 5.50. The number of nitrogens with two attached hydrogens (primary N) is 1. The Hall–Kier alpha value is -2.28. The van der Waals surface area contributed by atoms with Gasteiger partial charge in [-0.3, -0.25) is 4.90 Å². The molecule has 0 aliphatic carbocycles. The average molecular weight is 347 g/mol. The van der Waals surface area contributed by atoms with E-state index >= 15 is 0 Å². The van der Waals surface area contributed by atoms with Crippen molar-refractivity contribution >= 4 is 11.8 Å². The molecule has 0 radical (unpaired) electrons. The monoisotopic (exact) mass is 347 g/mol. The third-order valence-electron chi connectivity index (χ3n) is 4.31. The standard InChI is InChI=1S/C18H23F2N5/c1-2-3-5-22-17-15-11-25(6-4-16(15)23-18(21)24-17)10-12-7-13(19)9-14(20)8-12/h7-9H,2-6,10-11H2,1H3,(H3,21,22,23,24). The molecular formula is C18H23F2N5. The minimum atomic E-state index is -0.551. The Balaban J connectivity index is 1.77. The fraction of sp³-hybridized carbons (Fsp3) is 0.444. The Morgan fingerprint density at radius 1 is 1.20 bits per heavy atom. The maximum Gasteiger partial charge on any atom is 0.222 e. The first-order chi connectivity index (χ1) is 12.0. The summed E-state index contributed by atoms with van der Waals surface area (Å²) in [7, 11) is 0. The molecule has 3 N–H and O–H groups in total. The maximum atomic E-state index is 13.4. The summed E-state index contributed by atoms with van der Waals surface area (Å²) >= 11 is 0. The van der Waals surface area contributed by atoms with E-state index in [0.29, 0.717) is 18.7 Å². The summed E-state index contributed by atoms with van der Waals surface area (Å²) in [6, 6.07) is 3.64. The predicted molar refractivity (Wildman–Crippen MR) is 94.0 cm³/mol. The van der Waals surface area contributed by atoms with Gasteiger partial charge in [0, 0.05) is 44.2 Å². The van der Waals surface area contributed by atoms with E-state index in [-0.39, 0.29) is 5.95 Å². The summed E-state index contributed by atoms with van der Waals surface area (Å²) < 4.78 is 26.8. The van der Waals surface area contributed by atoms with Gasteiger partial charge in [-0.05, 0) is 24.1 Å². The number of hydrogen-bond acceptors (Lipinski definition) is 5. The van der Waals surface area contributed by atoms with Gasteiger partial charge in [0.25, 0.3) is 0 Å². The molecule has 3 rings (SSSR count). The van der Waals surface area contributed by atoms with Crippen molar-refractivity contribution in [2.45, 2.75) is 39.3 Å². The normalized spacial score (nSPS) is 14.4. The molecule has 2 aromatic rings. The third-order valence-corrected chi connectivity index (χ3v) is 4.31. The van der Waals surface area contributed by atoms with E-state index in [4.69, 9.17) is 5.73 Å². The summed E-state index contributed by atoms with van der Waals surface area (Å²) in [5.74, 6) is -0.0552. The topological polar surface area (TPSA) is 67.1 Å². The third kappa shape index (κ3) is 4.42. The lowest BCUT2D eigenvalue weighted by molar-refractivity contribution is 0.243. The molecule has 0 fully saturated rings. The lowest BCUT2D eigenvalue weighted by Gasteiger charge is -2.29. The number of aromatic nitrogens is 2. The first-order valence-corrected chi connectivity index (χ1v) is 8.61. The Kier molecular flexibility index (Phi) is 5.43. The van der Waals surface area contributed by atoms with E-state index in [1.54, 1.807) is 0 Å². The molecule has 0 saturated carbocycles. The number of hydrogen-bond donors (Lipinski definition) is 2. The van der Waals surface area contributed by atoms with Crippen molar-refractivity contribution in [1.29, 1.82) is 0 Å². The molecule has 5 nitrogen and oxygen atoms in total. The number of halogens is 2. The molecule has 0 amide bonds. The van der Waals surface area contributed by atoms with Crippen molar-refractivity contribution in [2.24, 2.45) is 0 Å². The molecule has 0 unspecified atom stereocenters. The second-order valence-corrected chi connectivity index (χ2v) is 6.37. The molecule has 0 atom stereocenters. The number of nitrogens with one attached hydrogen (secondary N) is 1. The summed E-state index contributed by atoms with van der Waals surface area (Å²) in [5, 5.41) is 3.34. The van der Waals surface area contributed by atoms with Crippen LogP contribution in [0.5, 0.6) is 0 Å². The van der Waals surface area contributed by atoms with Gasteiger partial charge in [0.15, 0.2) is 0 Å². The van der Waals surface area contributed by atoms with Crippen LogP contribution in [0.4, 0.5) is 20.5 Å². The van der Waals surface area contributed by atoms with Crippen LogP contribution in [-0.2, 0) is 19.5 Å². The highest BCUT2D eigenvalue weighted by Crippen LogP contribution is 2.26. The Bertz CT molecular complexity index is 730. The fourth-order valence-corrected chi connectivity index (χ4v) is 3.11. The number of nitrogens with zero attached hydrogens (tertiary/aromatic N) is 3. The zero-order valence-electron chi connectivity index (χ0n) is 14.4. The molecule has 1 aromatic carbocycles. The van der Waals surface area contributed by atoms with E-state index < -0.39 is 11.6 Å². The van der Waals surface area contributed by atoms with Crippen LogP contribution in [0.1, 0.15) is 36.6 Å². The minimum absolute atomic E-state index is 0.276. The lowest BCUT2D eigenvalue weighted by atomic mass is 10.0. The zero-order chi connectivity index (χ0) is 17.8. The van der Waals surface area contributed by atoms with E-state index in [2.05, 4.69) is 27.1 Å². The summed E-state index contributed by atoms with van der Waals surface area (Å²) in [4.78, 5) is 10.8. The number of benzene rings is 1. The Labute approximate surface area is 146 Å². The molecule has 1 aliphatic rings. The molecule has 2 heterocycles. The molecule has 0 bridgehead atoms. The second kappa shape index (κ2) is 7.74. The van der Waals surface area contributed by atoms with Crippen molar-refractivity contribution in [3.63, 3.8) is 0 Å². The highest BCUT2D eigenvalue weighted by Gasteiger charge is 2.22. The van der Waals surface area contributed by atoms with Gasteiger partial charge in [-0.2, -0.15) is 4.98 Å². The highest BCUT2D eigenvalue weighted by atomic mass is 19.1. The van der Waals surface area contributed by atoms with Crippen LogP contribution >= 0.6 is 0 Å². The largest absolute Gasteiger partial charge is 0.370 e. The Morgan fingerprint density at radius 3 is 2.68 bits per heavy atom. The van der Waals surface area contributed by atoms with Crippen LogP contribution in [0.2, 0.25) is 0 Å². The van der Waals surface area contributed by atoms with Crippen LogP contribution in [0.25, 0.3) is 0 Å². The molecule has 0 spiro atoms. The van der Waals surface area contributed by atoms with Gasteiger partial charge in [0.05, 0.1) is 5.69 Å². The number of rotatable bonds is 6. The molecule has 25 heavy (non-hydrogen) atoms. The van der Waals surface area contributed by atoms with Crippen molar-refractivity contribution in [3.05, 3.63) is 46.7 Å². The van der Waals surface area contributed by atoms with E-state index in [1.165, 1.54) is 12.1 Å². The average Bonchev–Trinajstić information content (AvgIpc) is 2.54. The second-order valence-electron chi connectivity index (χ2n) is 6.37. The van der Waals surface area contributed by atoms with Crippen LogP contribution in [0, 0.1) is 11.6 Å². The molecule has 134 valence electrons. The maximum absolute atomic E-state index is 13.4. The summed E-state index contributed by atoms with van der Waals surface area (Å²) in [6.45, 7) is 4.82. The smallest absolute Gasteiger partial charge is 0.222 e. The number of fused-ring (bicyclic) bond motifs is 1. The number of unbranched alkanes of at least 4 members (excludes halogenated alkanes) is 1. The van der Waals surface area contributed by atoms with Gasteiger partial charge in [0.1, 0.15) is 17.5 Å². The zero-order valence-corrected chi connectivity index (χ0v) is 14.4. The van der Waals surface area contributed by atoms with Crippen molar-refractivity contribution in [1.82, 2.24) is 14.9 Å². The summed E-state index contributed by atoms with van der Waals surface area (Å²) in [6.07, 6.45) is 2.88. The first-order valence-electron chi connectivity index (χ1n) is 8.61. The van der Waals surface area contributed by atoms with Gasteiger partial charge < -0.3 is 11.1 Å². The van der Waals surface area contributed by atoms with Gasteiger partial charge >= 0.3 is 0 Å². The van der Waals surface area contributed by atoms with Crippen molar-refractivity contribution < 1.29 is 8.78 Å².